The molecule has 0 radical (unpaired) electrons. The zero-order chi connectivity index (χ0) is 16.9. The van der Waals surface area contributed by atoms with Gasteiger partial charge in [0, 0.05) is 11.6 Å². The lowest BCUT2D eigenvalue weighted by molar-refractivity contribution is -0.151. The molecule has 1 N–H and O–H groups in total. The number of aliphatic hydroxyl groups is 1. The van der Waals surface area contributed by atoms with Crippen LogP contribution in [0.1, 0.15) is 18.9 Å². The normalized spacial score (nSPS) is 40.5. The summed E-state index contributed by atoms with van der Waals surface area (Å²) in [6.07, 6.45) is 3.56. The number of rotatable bonds is 1. The monoisotopic (exact) mass is 314 g/mol. The molecule has 2 bridgehead atoms. The molecule has 1 fully saturated rings. The fraction of sp³-hybridized carbons (Fsp3) is 0.500. The number of methoxy groups -OCH3 is 1. The summed E-state index contributed by atoms with van der Waals surface area (Å²) < 4.78 is 19.9. The predicted octanol–water partition coefficient (Wildman–Crippen LogP) is 0.824. The second kappa shape index (κ2) is 3.97. The van der Waals surface area contributed by atoms with Gasteiger partial charge in [-0.1, -0.05) is 6.04 Å². The van der Waals surface area contributed by atoms with Gasteiger partial charge in [0.15, 0.2) is 23.4 Å². The summed E-state index contributed by atoms with van der Waals surface area (Å²) in [6, 6.07) is 1.87. The summed E-state index contributed by atoms with van der Waals surface area (Å²) in [7, 11) is 3.52. The molecule has 5 nitrogen and oxygen atoms in total. The minimum Gasteiger partial charge on any atom is -0.493 e. The molecule has 0 aromatic heterocycles. The van der Waals surface area contributed by atoms with Crippen LogP contribution >= 0.6 is 0 Å². The van der Waals surface area contributed by atoms with E-state index in [1.165, 1.54) is 13.2 Å². The molecule has 2 aliphatic heterocycles. The van der Waals surface area contributed by atoms with Crippen molar-refractivity contribution in [3.63, 3.8) is 0 Å². The van der Waals surface area contributed by atoms with E-state index in [9.17, 15) is 9.90 Å². The lowest BCUT2D eigenvalue weighted by atomic mass is 9.51. The number of hydrogen-bond acceptors (Lipinski definition) is 5. The highest BCUT2D eigenvalue weighted by Crippen LogP contribution is 2.63. The number of nitrogens with zero attached hydrogens (tertiary/aromatic N) is 1. The van der Waals surface area contributed by atoms with Crippen LogP contribution in [-0.2, 0) is 16.6 Å². The van der Waals surface area contributed by atoms with Gasteiger partial charge in [-0.25, -0.2) is 0 Å². The molecule has 1 spiro atoms. The fourth-order valence-electron chi connectivity index (χ4n) is 5.17. The van der Waals surface area contributed by atoms with Crippen LogP contribution < -0.4 is 9.47 Å². The third-order valence-corrected chi connectivity index (χ3v) is 6.25. The Morgan fingerprint density at radius 2 is 2.39 bits per heavy atom. The average Bonchev–Trinajstić information content (AvgIpc) is 2.90. The van der Waals surface area contributed by atoms with Crippen LogP contribution in [-0.4, -0.2) is 54.2 Å². The Morgan fingerprint density at radius 1 is 1.57 bits per heavy atom. The third-order valence-electron chi connectivity index (χ3n) is 6.25. The van der Waals surface area contributed by atoms with Gasteiger partial charge in [-0.3, -0.25) is 9.69 Å². The Hall–Kier alpha value is -1.85. The number of hydrogen-bond donors (Lipinski definition) is 1. The second-order valence-electron chi connectivity index (χ2n) is 7.02. The van der Waals surface area contributed by atoms with E-state index in [-0.39, 0.29) is 11.8 Å². The van der Waals surface area contributed by atoms with Crippen LogP contribution in [0.15, 0.2) is 24.3 Å². The summed E-state index contributed by atoms with van der Waals surface area (Å²) >= 11 is 0. The van der Waals surface area contributed by atoms with E-state index >= 15 is 0 Å². The van der Waals surface area contributed by atoms with Gasteiger partial charge in [-0.15, -0.1) is 0 Å². The average molecular weight is 314 g/mol. The number of benzene rings is 1. The number of piperidine rings is 1. The molecule has 1 aromatic rings. The predicted molar refractivity (Wildman–Crippen MR) is 82.9 cm³/mol. The maximum atomic E-state index is 12.6. The molecule has 120 valence electrons. The third kappa shape index (κ3) is 1.28. The van der Waals surface area contributed by atoms with E-state index < -0.39 is 17.1 Å². The first-order valence-electron chi connectivity index (χ1n) is 8.47. The van der Waals surface area contributed by atoms with E-state index in [4.69, 9.17) is 10.8 Å². The second-order valence-corrected chi connectivity index (χ2v) is 7.02. The Morgan fingerprint density at radius 3 is 3.17 bits per heavy atom. The van der Waals surface area contributed by atoms with Crippen molar-refractivity contribution in [3.8, 4) is 11.5 Å². The first-order chi connectivity index (χ1) is 11.4. The number of carbonyl (C=O) groups is 1. The number of likely N-dealkylation sites (N-methyl/N-ethyl adjacent to an activating group) is 1. The zero-order valence-electron chi connectivity index (χ0n) is 14.1. The number of ketones is 1. The quantitative estimate of drug-likeness (QED) is 0.832. The Kier molecular flexibility index (Phi) is 2.17. The van der Waals surface area contributed by atoms with Crippen molar-refractivity contribution < 1.29 is 20.7 Å². The molecule has 0 amide bonds. The first-order valence-corrected chi connectivity index (χ1v) is 7.97. The molecule has 1 saturated heterocycles. The number of likely N-dealkylation sites (tertiary alicyclic amines) is 1. The van der Waals surface area contributed by atoms with Gasteiger partial charge < -0.3 is 14.6 Å². The Bertz CT molecular complexity index is 822. The van der Waals surface area contributed by atoms with Gasteiger partial charge in [0.25, 0.3) is 0 Å². The number of carbonyl (C=O) groups excluding carboxylic acids is 1. The molecule has 23 heavy (non-hydrogen) atoms. The molecule has 4 aliphatic rings. The minimum atomic E-state index is -1.17. The molecule has 5 heteroatoms. The van der Waals surface area contributed by atoms with E-state index in [2.05, 4.69) is 4.90 Å². The SMILES string of the molecule is [2H]c1cc(OC)c2c3c1C[C@H]1N(C)CC[C@@]34[C@@H](O2)C(=O)C=C[C@@]14O. The van der Waals surface area contributed by atoms with Crippen molar-refractivity contribution in [2.24, 2.45) is 0 Å². The van der Waals surface area contributed by atoms with E-state index in [1.807, 2.05) is 7.05 Å². The van der Waals surface area contributed by atoms with Gasteiger partial charge in [0.2, 0.25) is 0 Å². The minimum absolute atomic E-state index is 0.124. The molecule has 4 atom stereocenters. The van der Waals surface area contributed by atoms with Crippen LogP contribution in [0.3, 0.4) is 0 Å². The maximum absolute atomic E-state index is 12.6. The van der Waals surface area contributed by atoms with Gasteiger partial charge in [-0.05, 0) is 50.2 Å². The fourth-order valence-corrected chi connectivity index (χ4v) is 5.17. The maximum Gasteiger partial charge on any atom is 0.196 e. The molecule has 2 heterocycles. The van der Waals surface area contributed by atoms with Gasteiger partial charge >= 0.3 is 0 Å². The molecular formula is C18H19NO4. The van der Waals surface area contributed by atoms with E-state index in [0.717, 1.165) is 17.7 Å². The Labute approximate surface area is 135 Å². The highest BCUT2D eigenvalue weighted by molar-refractivity contribution is 5.99. The lowest BCUT2D eigenvalue weighted by Crippen LogP contribution is -2.74. The summed E-state index contributed by atoms with van der Waals surface area (Å²) in [4.78, 5) is 14.7. The van der Waals surface area contributed by atoms with E-state index in [0.29, 0.717) is 30.4 Å². The van der Waals surface area contributed by atoms with Crippen molar-refractivity contribution in [3.05, 3.63) is 35.4 Å². The molecule has 5 rings (SSSR count). The zero-order valence-corrected chi connectivity index (χ0v) is 13.1. The summed E-state index contributed by atoms with van der Waals surface area (Å²) in [5.74, 6) is 0.877. The Balaban J connectivity index is 1.91. The van der Waals surface area contributed by atoms with Crippen LogP contribution in [0.2, 0.25) is 0 Å². The van der Waals surface area contributed by atoms with Crippen molar-refractivity contribution in [1.29, 1.82) is 0 Å². The largest absolute Gasteiger partial charge is 0.493 e. The molecular weight excluding hydrogens is 294 g/mol. The van der Waals surface area contributed by atoms with Crippen LogP contribution in [0.4, 0.5) is 0 Å². The highest BCUT2D eigenvalue weighted by Gasteiger charge is 2.71. The van der Waals surface area contributed by atoms with Gasteiger partial charge in [-0.2, -0.15) is 0 Å². The molecule has 0 saturated carbocycles. The van der Waals surface area contributed by atoms with Crippen molar-refractivity contribution in [2.45, 2.75) is 36.0 Å². The lowest BCUT2D eigenvalue weighted by Gasteiger charge is -2.60. The molecule has 1 aromatic carbocycles. The van der Waals surface area contributed by atoms with Crippen molar-refractivity contribution in [2.75, 3.05) is 20.7 Å². The van der Waals surface area contributed by atoms with E-state index in [1.54, 1.807) is 12.1 Å². The molecule has 2 aliphatic carbocycles. The molecule has 0 unspecified atom stereocenters. The smallest absolute Gasteiger partial charge is 0.196 e. The van der Waals surface area contributed by atoms with Crippen molar-refractivity contribution >= 4 is 5.78 Å². The standard InChI is InChI=1S/C18H19NO4/c1-19-8-7-17-14-10-3-4-12(22-2)15(14)23-16(17)11(20)5-6-18(17,21)13(19)9-10/h3-6,13,16,21H,7-9H2,1-2H3/t13-,16+,17+,18-/m1/s1/i3D. The van der Waals surface area contributed by atoms with Gasteiger partial charge in [0.1, 0.15) is 5.60 Å². The summed E-state index contributed by atoms with van der Waals surface area (Å²) in [5.41, 5.74) is -0.294. The van der Waals surface area contributed by atoms with Crippen LogP contribution in [0.25, 0.3) is 0 Å². The topological polar surface area (TPSA) is 59.0 Å². The highest BCUT2D eigenvalue weighted by atomic mass is 16.5. The summed E-state index contributed by atoms with van der Waals surface area (Å²) in [5, 5.41) is 11.7. The van der Waals surface area contributed by atoms with Gasteiger partial charge in [0.05, 0.1) is 13.9 Å². The van der Waals surface area contributed by atoms with Crippen molar-refractivity contribution in [1.82, 2.24) is 4.90 Å². The first kappa shape index (κ1) is 12.6. The summed E-state index contributed by atoms with van der Waals surface area (Å²) in [6.45, 7) is 0.775. The number of ether oxygens (including phenoxy) is 2. The van der Waals surface area contributed by atoms with Crippen LogP contribution in [0.5, 0.6) is 11.5 Å². The van der Waals surface area contributed by atoms with Crippen LogP contribution in [0, 0.1) is 0 Å².